The van der Waals surface area contributed by atoms with Gasteiger partial charge in [-0.2, -0.15) is 0 Å². The summed E-state index contributed by atoms with van der Waals surface area (Å²) in [6.07, 6.45) is 2.15. The number of rotatable bonds is 2. The Labute approximate surface area is 127 Å². The molecule has 0 bridgehead atoms. The summed E-state index contributed by atoms with van der Waals surface area (Å²) in [5.74, 6) is 1.61. The quantitative estimate of drug-likeness (QED) is 0.593. The predicted molar refractivity (Wildman–Crippen MR) is 84.3 cm³/mol. The van der Waals surface area contributed by atoms with Crippen LogP contribution < -0.4 is 5.32 Å². The van der Waals surface area contributed by atoms with Crippen LogP contribution in [0.5, 0.6) is 0 Å². The molecular weight excluding hydrogens is 290 g/mol. The number of sulfone groups is 1. The van der Waals surface area contributed by atoms with Crippen LogP contribution in [0.1, 0.15) is 26.7 Å². The number of nitrogens with zero attached hydrogens (tertiary/aromatic N) is 2. The van der Waals surface area contributed by atoms with E-state index in [9.17, 15) is 8.42 Å². The van der Waals surface area contributed by atoms with Crippen molar-refractivity contribution >= 4 is 15.8 Å². The van der Waals surface area contributed by atoms with Gasteiger partial charge in [-0.05, 0) is 32.6 Å². The normalized spacial score (nSPS) is 26.6. The SMILES string of the molecule is CN=C(NCC1CCOCC1)N1CCS(=O)(=O)C(C)(C)C1. The van der Waals surface area contributed by atoms with Gasteiger partial charge in [-0.15, -0.1) is 0 Å². The van der Waals surface area contributed by atoms with E-state index in [0.29, 0.717) is 19.0 Å². The molecule has 2 saturated heterocycles. The molecule has 0 spiro atoms. The minimum atomic E-state index is -3.01. The molecule has 0 atom stereocenters. The van der Waals surface area contributed by atoms with Crippen molar-refractivity contribution in [2.24, 2.45) is 10.9 Å². The Morgan fingerprint density at radius 1 is 1.38 bits per heavy atom. The van der Waals surface area contributed by atoms with Crippen molar-refractivity contribution < 1.29 is 13.2 Å². The second kappa shape index (κ2) is 6.52. The topological polar surface area (TPSA) is 71.0 Å². The molecule has 0 unspecified atom stereocenters. The number of hydrogen-bond acceptors (Lipinski definition) is 4. The van der Waals surface area contributed by atoms with Gasteiger partial charge >= 0.3 is 0 Å². The molecule has 2 aliphatic heterocycles. The van der Waals surface area contributed by atoms with Gasteiger partial charge in [0, 0.05) is 39.9 Å². The first kappa shape index (κ1) is 16.5. The summed E-state index contributed by atoms with van der Waals surface area (Å²) < 4.78 is 28.8. The third-order valence-electron chi connectivity index (χ3n) is 4.44. The van der Waals surface area contributed by atoms with Crippen LogP contribution in [0.15, 0.2) is 4.99 Å². The largest absolute Gasteiger partial charge is 0.381 e. The maximum absolute atomic E-state index is 12.1. The molecule has 122 valence electrons. The van der Waals surface area contributed by atoms with Gasteiger partial charge in [0.2, 0.25) is 0 Å². The fraction of sp³-hybridized carbons (Fsp3) is 0.929. The fourth-order valence-electron chi connectivity index (χ4n) is 2.84. The zero-order valence-electron chi connectivity index (χ0n) is 13.3. The van der Waals surface area contributed by atoms with Crippen LogP contribution in [0.2, 0.25) is 0 Å². The Hall–Kier alpha value is -0.820. The molecule has 2 fully saturated rings. The molecule has 1 N–H and O–H groups in total. The number of aliphatic imine (C=N–C) groups is 1. The summed E-state index contributed by atoms with van der Waals surface area (Å²) in [5.41, 5.74) is 0. The molecule has 0 aromatic rings. The van der Waals surface area contributed by atoms with Crippen molar-refractivity contribution in [2.45, 2.75) is 31.4 Å². The van der Waals surface area contributed by atoms with E-state index < -0.39 is 14.6 Å². The highest BCUT2D eigenvalue weighted by molar-refractivity contribution is 7.92. The Morgan fingerprint density at radius 3 is 2.62 bits per heavy atom. The minimum absolute atomic E-state index is 0.192. The minimum Gasteiger partial charge on any atom is -0.381 e. The fourth-order valence-corrected chi connectivity index (χ4v) is 4.21. The van der Waals surface area contributed by atoms with Crippen LogP contribution in [-0.2, 0) is 14.6 Å². The highest BCUT2D eigenvalue weighted by Gasteiger charge is 2.40. The van der Waals surface area contributed by atoms with Gasteiger partial charge in [0.1, 0.15) is 0 Å². The monoisotopic (exact) mass is 317 g/mol. The van der Waals surface area contributed by atoms with E-state index >= 15 is 0 Å². The molecule has 2 heterocycles. The summed E-state index contributed by atoms with van der Waals surface area (Å²) in [6.45, 7) is 7.13. The lowest BCUT2D eigenvalue weighted by atomic mass is 10.0. The number of hydrogen-bond donors (Lipinski definition) is 1. The van der Waals surface area contributed by atoms with Crippen LogP contribution in [-0.4, -0.2) is 69.7 Å². The second-order valence-corrected chi connectivity index (χ2v) is 9.23. The van der Waals surface area contributed by atoms with E-state index in [4.69, 9.17) is 4.74 Å². The van der Waals surface area contributed by atoms with Crippen molar-refractivity contribution in [3.05, 3.63) is 0 Å². The summed E-state index contributed by atoms with van der Waals surface area (Å²) >= 11 is 0. The van der Waals surface area contributed by atoms with Gasteiger partial charge < -0.3 is 15.0 Å². The summed E-state index contributed by atoms with van der Waals surface area (Å²) in [5, 5.41) is 3.40. The van der Waals surface area contributed by atoms with E-state index in [0.717, 1.165) is 38.6 Å². The average molecular weight is 317 g/mol. The smallest absolute Gasteiger partial charge is 0.193 e. The lowest BCUT2D eigenvalue weighted by Crippen LogP contribution is -2.57. The van der Waals surface area contributed by atoms with Crippen LogP contribution >= 0.6 is 0 Å². The van der Waals surface area contributed by atoms with Gasteiger partial charge in [0.15, 0.2) is 15.8 Å². The maximum atomic E-state index is 12.1. The summed E-state index contributed by atoms with van der Waals surface area (Å²) in [6, 6.07) is 0. The molecule has 2 rings (SSSR count). The molecule has 0 saturated carbocycles. The molecular formula is C14H27N3O3S. The van der Waals surface area contributed by atoms with Crippen molar-refractivity contribution in [3.8, 4) is 0 Å². The molecule has 6 nitrogen and oxygen atoms in total. The Balaban J connectivity index is 1.92. The van der Waals surface area contributed by atoms with E-state index in [1.54, 1.807) is 20.9 Å². The van der Waals surface area contributed by atoms with Crippen molar-refractivity contribution in [2.75, 3.05) is 45.6 Å². The van der Waals surface area contributed by atoms with E-state index in [2.05, 4.69) is 15.2 Å². The first-order valence-electron chi connectivity index (χ1n) is 7.61. The number of nitrogens with one attached hydrogen (secondary N) is 1. The van der Waals surface area contributed by atoms with E-state index in [1.807, 2.05) is 0 Å². The van der Waals surface area contributed by atoms with Gasteiger partial charge in [-0.25, -0.2) is 8.42 Å². The predicted octanol–water partition coefficient (Wildman–Crippen LogP) is 0.497. The molecule has 0 aromatic carbocycles. The Bertz CT molecular complexity index is 482. The molecule has 0 aromatic heterocycles. The Morgan fingerprint density at radius 2 is 2.05 bits per heavy atom. The van der Waals surface area contributed by atoms with Crippen LogP contribution in [0, 0.1) is 5.92 Å². The van der Waals surface area contributed by atoms with Crippen molar-refractivity contribution in [1.29, 1.82) is 0 Å². The van der Waals surface area contributed by atoms with E-state index in [-0.39, 0.29) is 5.75 Å². The Kier molecular flexibility index (Phi) is 5.14. The van der Waals surface area contributed by atoms with Crippen molar-refractivity contribution in [1.82, 2.24) is 10.2 Å². The number of ether oxygens (including phenoxy) is 1. The zero-order valence-corrected chi connectivity index (χ0v) is 14.1. The molecule has 0 amide bonds. The average Bonchev–Trinajstić information content (AvgIpc) is 2.44. The van der Waals surface area contributed by atoms with Crippen LogP contribution in [0.4, 0.5) is 0 Å². The maximum Gasteiger partial charge on any atom is 0.193 e. The molecule has 0 aliphatic carbocycles. The molecule has 21 heavy (non-hydrogen) atoms. The van der Waals surface area contributed by atoms with Crippen molar-refractivity contribution in [3.63, 3.8) is 0 Å². The molecule has 7 heteroatoms. The van der Waals surface area contributed by atoms with Gasteiger partial charge in [-0.1, -0.05) is 0 Å². The lowest BCUT2D eigenvalue weighted by molar-refractivity contribution is 0.0673. The molecule has 0 radical (unpaired) electrons. The summed E-state index contributed by atoms with van der Waals surface area (Å²) in [7, 11) is -1.26. The number of guanidine groups is 1. The second-order valence-electron chi connectivity index (χ2n) is 6.48. The molecule has 2 aliphatic rings. The summed E-state index contributed by atoms with van der Waals surface area (Å²) in [4.78, 5) is 6.37. The van der Waals surface area contributed by atoms with Gasteiger partial charge in [-0.3, -0.25) is 4.99 Å². The first-order valence-corrected chi connectivity index (χ1v) is 9.26. The zero-order chi connectivity index (χ0) is 15.5. The van der Waals surface area contributed by atoms with Gasteiger partial charge in [0.05, 0.1) is 10.5 Å². The standard InChI is InChI=1S/C14H27N3O3S/c1-14(2)11-17(6-9-21(14,18)19)13(15-3)16-10-12-4-7-20-8-5-12/h12H,4-11H2,1-3H3,(H,15,16). The first-order chi connectivity index (χ1) is 9.86. The lowest BCUT2D eigenvalue weighted by Gasteiger charge is -2.39. The van der Waals surface area contributed by atoms with E-state index in [1.165, 1.54) is 0 Å². The van der Waals surface area contributed by atoms with Crippen LogP contribution in [0.3, 0.4) is 0 Å². The third-order valence-corrected chi connectivity index (χ3v) is 6.98. The third kappa shape index (κ3) is 3.88. The van der Waals surface area contributed by atoms with Crippen LogP contribution in [0.25, 0.3) is 0 Å². The highest BCUT2D eigenvalue weighted by atomic mass is 32.2. The highest BCUT2D eigenvalue weighted by Crippen LogP contribution is 2.23. The van der Waals surface area contributed by atoms with Gasteiger partial charge in [0.25, 0.3) is 0 Å².